The van der Waals surface area contributed by atoms with Crippen molar-refractivity contribution in [2.24, 2.45) is 0 Å². The van der Waals surface area contributed by atoms with Crippen LogP contribution in [0.25, 0.3) is 0 Å². The summed E-state index contributed by atoms with van der Waals surface area (Å²) in [5, 5.41) is 20.1. The van der Waals surface area contributed by atoms with Crippen LogP contribution in [0.3, 0.4) is 0 Å². The van der Waals surface area contributed by atoms with E-state index in [1.54, 1.807) is 0 Å². The molecule has 5 heteroatoms. The van der Waals surface area contributed by atoms with Crippen LogP contribution in [0.5, 0.6) is 0 Å². The Morgan fingerprint density at radius 3 is 1.28 bits per heavy atom. The molecule has 0 saturated heterocycles. The molecule has 0 saturated carbocycles. The number of carbonyl (C=O) groups excluding carboxylic acids is 2. The number of hydrogen-bond acceptors (Lipinski definition) is 4. The molecular formula is C24H30O4Sn. The van der Waals surface area contributed by atoms with Gasteiger partial charge in [-0.3, -0.25) is 0 Å². The number of benzene rings is 2. The molecule has 0 aliphatic rings. The molecule has 0 N–H and O–H groups in total. The minimum atomic E-state index is -0.998. The number of aliphatic carboxylic acids is 2. The van der Waals surface area contributed by atoms with Gasteiger partial charge in [0.25, 0.3) is 0 Å². The first-order valence-electron chi connectivity index (χ1n) is 10.3. The molecular weight excluding hydrogens is 471 g/mol. The third kappa shape index (κ3) is 15.7. The Morgan fingerprint density at radius 1 is 0.586 bits per heavy atom. The van der Waals surface area contributed by atoms with E-state index in [0.717, 1.165) is 25.7 Å². The van der Waals surface area contributed by atoms with Gasteiger partial charge in [0.1, 0.15) is 0 Å². The van der Waals surface area contributed by atoms with Gasteiger partial charge in [0.05, 0.1) is 0 Å². The summed E-state index contributed by atoms with van der Waals surface area (Å²) in [5.41, 5.74) is 3.03. The zero-order chi connectivity index (χ0) is 21.2. The Labute approximate surface area is 184 Å². The molecule has 2 aromatic carbocycles. The van der Waals surface area contributed by atoms with Gasteiger partial charge in [0.15, 0.2) is 0 Å². The summed E-state index contributed by atoms with van der Waals surface area (Å²) in [5.74, 6) is -2.00. The topological polar surface area (TPSA) is 80.3 Å². The van der Waals surface area contributed by atoms with Gasteiger partial charge in [-0.1, -0.05) is 25.7 Å². The molecule has 0 bridgehead atoms. The van der Waals surface area contributed by atoms with Crippen LogP contribution in [0.1, 0.15) is 62.5 Å². The Morgan fingerprint density at radius 2 is 0.931 bits per heavy atom. The van der Waals surface area contributed by atoms with E-state index in [1.807, 2.05) is 0 Å². The van der Waals surface area contributed by atoms with Crippen molar-refractivity contribution in [3.63, 3.8) is 0 Å². The fourth-order valence-electron chi connectivity index (χ4n) is 2.79. The Balaban J connectivity index is 0.000000291. The van der Waals surface area contributed by atoms with Crippen LogP contribution in [-0.4, -0.2) is 33.1 Å². The van der Waals surface area contributed by atoms with Crippen LogP contribution in [0.15, 0.2) is 60.7 Å². The van der Waals surface area contributed by atoms with E-state index in [1.165, 1.54) is 20.0 Å². The second-order valence-corrected chi connectivity index (χ2v) is 10.4. The normalized spacial score (nSPS) is 9.79. The molecule has 0 unspecified atom stereocenters. The van der Waals surface area contributed by atoms with Crippen LogP contribution in [0.2, 0.25) is 0 Å². The van der Waals surface area contributed by atoms with Crippen LogP contribution in [-0.2, 0) is 18.5 Å². The van der Waals surface area contributed by atoms with E-state index in [9.17, 15) is 19.8 Å². The van der Waals surface area contributed by atoms with Crippen molar-refractivity contribution in [3.05, 3.63) is 71.8 Å². The molecule has 0 atom stereocenters. The maximum atomic E-state index is 10.0. The van der Waals surface area contributed by atoms with Gasteiger partial charge in [0.2, 0.25) is 0 Å². The molecule has 0 radical (unpaired) electrons. The Kier molecular flexibility index (Phi) is 14.8. The van der Waals surface area contributed by atoms with Gasteiger partial charge < -0.3 is 19.8 Å². The van der Waals surface area contributed by atoms with E-state index in [-0.39, 0.29) is 34.0 Å². The average Bonchev–Trinajstić information content (AvgIpc) is 2.72. The van der Waals surface area contributed by atoms with Crippen molar-refractivity contribution in [1.29, 1.82) is 0 Å². The van der Waals surface area contributed by atoms with E-state index in [2.05, 4.69) is 60.7 Å². The molecule has 0 amide bonds. The SMILES string of the molecule is O=C([O-])CCCCCCCCC(=O)[O-].c1ccc([CH2][Sn+2][CH2]c2ccccc2)cc1. The number of hydrogen-bond donors (Lipinski definition) is 0. The molecule has 0 aliphatic heterocycles. The molecule has 154 valence electrons. The Hall–Kier alpha value is -1.82. The van der Waals surface area contributed by atoms with Crippen molar-refractivity contribution in [2.45, 2.75) is 60.2 Å². The number of unbranched alkanes of at least 4 members (excludes halogenated alkanes) is 5. The third-order valence-corrected chi connectivity index (χ3v) is 8.11. The van der Waals surface area contributed by atoms with Crippen molar-refractivity contribution < 1.29 is 19.8 Å². The van der Waals surface area contributed by atoms with Crippen molar-refractivity contribution in [3.8, 4) is 0 Å². The summed E-state index contributed by atoms with van der Waals surface area (Å²) in [4.78, 5) is 20.1. The molecule has 0 fully saturated rings. The number of carbonyl (C=O) groups is 2. The first-order valence-corrected chi connectivity index (χ1v) is 14.3. The summed E-state index contributed by atoms with van der Waals surface area (Å²) in [6, 6.07) is 21.7. The van der Waals surface area contributed by atoms with Gasteiger partial charge in [-0.15, -0.1) is 0 Å². The van der Waals surface area contributed by atoms with Crippen molar-refractivity contribution in [1.82, 2.24) is 0 Å². The fourth-order valence-corrected chi connectivity index (χ4v) is 6.14. The van der Waals surface area contributed by atoms with E-state index in [0.29, 0.717) is 12.8 Å². The van der Waals surface area contributed by atoms with Crippen LogP contribution in [0, 0.1) is 0 Å². The summed E-state index contributed by atoms with van der Waals surface area (Å²) in [6.45, 7) is 0. The molecule has 0 spiro atoms. The van der Waals surface area contributed by atoms with Crippen LogP contribution < -0.4 is 10.2 Å². The molecule has 4 nitrogen and oxygen atoms in total. The zero-order valence-corrected chi connectivity index (χ0v) is 19.8. The first-order chi connectivity index (χ1) is 14.1. The molecule has 2 rings (SSSR count). The first kappa shape index (κ1) is 25.2. The number of rotatable bonds is 13. The van der Waals surface area contributed by atoms with E-state index >= 15 is 0 Å². The van der Waals surface area contributed by atoms with Gasteiger partial charge >= 0.3 is 102 Å². The molecule has 0 aliphatic carbocycles. The second-order valence-electron chi connectivity index (χ2n) is 6.94. The summed E-state index contributed by atoms with van der Waals surface area (Å²) >= 11 is -0.258. The Bertz CT molecular complexity index is 614. The molecule has 0 aromatic heterocycles. The third-order valence-electron chi connectivity index (χ3n) is 4.36. The van der Waals surface area contributed by atoms with E-state index in [4.69, 9.17) is 0 Å². The fraction of sp³-hybridized carbons (Fsp3) is 0.417. The summed E-state index contributed by atoms with van der Waals surface area (Å²) in [7, 11) is 0. The predicted molar refractivity (Wildman–Crippen MR) is 113 cm³/mol. The summed E-state index contributed by atoms with van der Waals surface area (Å²) < 4.78 is 2.69. The van der Waals surface area contributed by atoms with Crippen molar-refractivity contribution >= 4 is 33.1 Å². The zero-order valence-electron chi connectivity index (χ0n) is 17.0. The minimum absolute atomic E-state index is 0.124. The molecule has 0 heterocycles. The van der Waals surface area contributed by atoms with Gasteiger partial charge in [0, 0.05) is 11.9 Å². The second kappa shape index (κ2) is 17.1. The van der Waals surface area contributed by atoms with Gasteiger partial charge in [-0.25, -0.2) is 0 Å². The number of carboxylic acids is 2. The maximum absolute atomic E-state index is 10.0. The predicted octanol–water partition coefficient (Wildman–Crippen LogP) is 2.70. The number of carboxylic acid groups (broad SMARTS) is 2. The average molecular weight is 501 g/mol. The molecule has 2 aromatic rings. The van der Waals surface area contributed by atoms with Crippen molar-refractivity contribution in [2.75, 3.05) is 0 Å². The summed E-state index contributed by atoms with van der Waals surface area (Å²) in [6.07, 6.45) is 5.23. The van der Waals surface area contributed by atoms with Crippen LogP contribution in [0.4, 0.5) is 0 Å². The molecule has 29 heavy (non-hydrogen) atoms. The van der Waals surface area contributed by atoms with Crippen LogP contribution >= 0.6 is 0 Å². The van der Waals surface area contributed by atoms with Gasteiger partial charge in [-0.2, -0.15) is 0 Å². The van der Waals surface area contributed by atoms with E-state index < -0.39 is 11.9 Å². The van der Waals surface area contributed by atoms with Gasteiger partial charge in [-0.05, 0) is 25.7 Å². The standard InChI is InChI=1S/C10H18O4.2C7H7.Sn/c11-9(12)7-5-3-1-2-4-6-8-10(13)14;2*1-7-5-3-2-4-6-7;/h1-8H2,(H,11,12)(H,13,14);2*2-6H,1H2;/q;;;+2/p-2. The quantitative estimate of drug-likeness (QED) is 0.313. The monoisotopic (exact) mass is 502 g/mol.